The van der Waals surface area contributed by atoms with E-state index in [1.165, 1.54) is 12.7 Å². The van der Waals surface area contributed by atoms with Crippen LogP contribution in [0.2, 0.25) is 0 Å². The van der Waals surface area contributed by atoms with E-state index in [-0.39, 0.29) is 30.9 Å². The lowest BCUT2D eigenvalue weighted by Crippen LogP contribution is -2.15. The molecule has 1 aliphatic rings. The Morgan fingerprint density at radius 1 is 1.31 bits per heavy atom. The molecular weight excluding hydrogens is 338 g/mol. The van der Waals surface area contributed by atoms with Crippen molar-refractivity contribution in [3.05, 3.63) is 54.7 Å². The maximum Gasteiger partial charge on any atom is 0.301 e. The molecule has 0 unspecified atom stereocenters. The number of hydrogen-bond donors (Lipinski definition) is 3. The van der Waals surface area contributed by atoms with Crippen LogP contribution in [0.3, 0.4) is 0 Å². The average molecular weight is 354 g/mol. The lowest BCUT2D eigenvalue weighted by Gasteiger charge is -2.08. The lowest BCUT2D eigenvalue weighted by atomic mass is 10.2. The van der Waals surface area contributed by atoms with E-state index < -0.39 is 12.3 Å². The number of benzene rings is 1. The summed E-state index contributed by atoms with van der Waals surface area (Å²) in [7, 11) is 0. The smallest absolute Gasteiger partial charge is 0.301 e. The Kier molecular flexibility index (Phi) is 4.25. The summed E-state index contributed by atoms with van der Waals surface area (Å²) in [4.78, 5) is 24.9. The van der Waals surface area contributed by atoms with E-state index in [1.54, 1.807) is 28.8 Å². The molecule has 0 spiro atoms. The minimum Gasteiger partial charge on any atom is -0.353 e. The highest BCUT2D eigenvalue weighted by Crippen LogP contribution is 2.35. The second kappa shape index (κ2) is 6.71. The Morgan fingerprint density at radius 2 is 2.12 bits per heavy atom. The molecule has 1 aromatic carbocycles. The third-order valence-electron chi connectivity index (χ3n) is 4.18. The second-order valence-corrected chi connectivity index (χ2v) is 5.81. The van der Waals surface area contributed by atoms with Gasteiger partial charge in [0, 0.05) is 5.56 Å². The fraction of sp³-hybridized carbons (Fsp3) is 0.235. The third kappa shape index (κ3) is 2.88. The molecule has 0 saturated carbocycles. The number of carbonyl (C=O) groups excluding carboxylic acids is 1. The van der Waals surface area contributed by atoms with Gasteiger partial charge in [0.05, 0.1) is 12.7 Å². The SMILES string of the molecule is O=C(Nc1ncnc2c1ncn2[C@H]1C[C@H](O)[C+](CO)O1)c1ccccc1. The number of fused-ring (bicyclic) bond motifs is 1. The summed E-state index contributed by atoms with van der Waals surface area (Å²) >= 11 is 0. The topological polar surface area (TPSA) is 122 Å². The summed E-state index contributed by atoms with van der Waals surface area (Å²) in [6.45, 7) is -0.350. The first-order valence-electron chi connectivity index (χ1n) is 8.02. The fourth-order valence-electron chi connectivity index (χ4n) is 2.86. The summed E-state index contributed by atoms with van der Waals surface area (Å²) in [5.74, 6) is -0.0175. The highest BCUT2D eigenvalue weighted by atomic mass is 16.5. The molecule has 3 heterocycles. The maximum absolute atomic E-state index is 12.4. The van der Waals surface area contributed by atoms with Crippen LogP contribution in [0.4, 0.5) is 5.82 Å². The van der Waals surface area contributed by atoms with Crippen molar-refractivity contribution in [3.8, 4) is 0 Å². The van der Waals surface area contributed by atoms with Gasteiger partial charge in [-0.15, -0.1) is 0 Å². The highest BCUT2D eigenvalue weighted by molar-refractivity contribution is 6.06. The first-order chi connectivity index (χ1) is 12.7. The number of rotatable bonds is 4. The molecule has 0 radical (unpaired) electrons. The molecule has 1 aliphatic heterocycles. The first kappa shape index (κ1) is 16.5. The Hall–Kier alpha value is -3.01. The standard InChI is InChI=1S/C17H15N5O4/c23-7-12-11(24)6-13(26-12)22-9-20-14-15(18-8-19-16(14)22)21-17(25)10-4-2-1-3-5-10/h1-5,8-9,11,13,23-24H,6-7H2/p+1/t11-,13+/m0/s1. The minimum atomic E-state index is -0.846. The molecule has 3 N–H and O–H groups in total. The van der Waals surface area contributed by atoms with Gasteiger partial charge in [-0.2, -0.15) is 4.74 Å². The van der Waals surface area contributed by atoms with Gasteiger partial charge in [0.2, 0.25) is 12.7 Å². The van der Waals surface area contributed by atoms with Crippen LogP contribution in [0, 0.1) is 6.10 Å². The molecule has 132 valence electrons. The third-order valence-corrected chi connectivity index (χ3v) is 4.18. The quantitative estimate of drug-likeness (QED) is 0.595. The van der Waals surface area contributed by atoms with Crippen molar-refractivity contribution in [2.45, 2.75) is 18.8 Å². The number of hydrogen-bond acceptors (Lipinski definition) is 7. The highest BCUT2D eigenvalue weighted by Gasteiger charge is 2.46. The molecule has 0 bridgehead atoms. The van der Waals surface area contributed by atoms with E-state index in [9.17, 15) is 15.0 Å². The molecular formula is C17H16N5O4+. The van der Waals surface area contributed by atoms with Crippen molar-refractivity contribution >= 4 is 22.9 Å². The van der Waals surface area contributed by atoms with E-state index in [1.807, 2.05) is 6.07 Å². The Balaban J connectivity index is 1.63. The molecule has 2 aromatic heterocycles. The van der Waals surface area contributed by atoms with Gasteiger partial charge >= 0.3 is 6.10 Å². The van der Waals surface area contributed by atoms with Gasteiger partial charge < -0.3 is 15.5 Å². The summed E-state index contributed by atoms with van der Waals surface area (Å²) in [5, 5.41) is 21.8. The van der Waals surface area contributed by atoms with Crippen molar-refractivity contribution in [3.63, 3.8) is 0 Å². The summed E-state index contributed by atoms with van der Waals surface area (Å²) < 4.78 is 7.20. The van der Waals surface area contributed by atoms with Crippen molar-refractivity contribution in [1.29, 1.82) is 0 Å². The van der Waals surface area contributed by atoms with Crippen LogP contribution in [0.15, 0.2) is 43.0 Å². The van der Waals surface area contributed by atoms with Crippen LogP contribution in [0.5, 0.6) is 0 Å². The second-order valence-electron chi connectivity index (χ2n) is 5.81. The zero-order valence-electron chi connectivity index (χ0n) is 13.6. The van der Waals surface area contributed by atoms with Gasteiger partial charge in [-0.3, -0.25) is 9.36 Å². The van der Waals surface area contributed by atoms with E-state index in [0.29, 0.717) is 16.7 Å². The van der Waals surface area contributed by atoms with E-state index >= 15 is 0 Å². The minimum absolute atomic E-state index is 0.212. The van der Waals surface area contributed by atoms with Gasteiger partial charge in [-0.05, 0) is 12.1 Å². The first-order valence-corrected chi connectivity index (χ1v) is 8.02. The average Bonchev–Trinajstić information content (AvgIpc) is 3.26. The Morgan fingerprint density at radius 3 is 2.85 bits per heavy atom. The van der Waals surface area contributed by atoms with Crippen LogP contribution in [0.1, 0.15) is 23.0 Å². The molecule has 26 heavy (non-hydrogen) atoms. The fourth-order valence-corrected chi connectivity index (χ4v) is 2.86. The normalized spacial score (nSPS) is 19.8. The van der Waals surface area contributed by atoms with Crippen molar-refractivity contribution in [2.24, 2.45) is 0 Å². The molecule has 1 saturated heterocycles. The monoisotopic (exact) mass is 354 g/mol. The zero-order valence-corrected chi connectivity index (χ0v) is 13.6. The summed E-state index contributed by atoms with van der Waals surface area (Å²) in [6, 6.07) is 8.78. The molecule has 4 rings (SSSR count). The number of aliphatic hydroxyl groups is 2. The van der Waals surface area contributed by atoms with Gasteiger partial charge in [-0.1, -0.05) is 18.2 Å². The molecule has 0 aliphatic carbocycles. The number of anilines is 1. The van der Waals surface area contributed by atoms with E-state index in [4.69, 9.17) is 4.74 Å². The van der Waals surface area contributed by atoms with Gasteiger partial charge in [0.25, 0.3) is 5.91 Å². The number of ether oxygens (including phenoxy) is 1. The number of imidazole rings is 1. The number of nitrogens with zero attached hydrogens (tertiary/aromatic N) is 4. The number of amides is 1. The zero-order chi connectivity index (χ0) is 18.1. The van der Waals surface area contributed by atoms with E-state index in [2.05, 4.69) is 20.3 Å². The van der Waals surface area contributed by atoms with Crippen molar-refractivity contribution in [2.75, 3.05) is 11.9 Å². The molecule has 9 heteroatoms. The van der Waals surface area contributed by atoms with Crippen LogP contribution < -0.4 is 5.32 Å². The van der Waals surface area contributed by atoms with E-state index in [0.717, 1.165) is 0 Å². The molecule has 1 fully saturated rings. The number of aliphatic hydroxyl groups excluding tert-OH is 2. The summed E-state index contributed by atoms with van der Waals surface area (Å²) in [5.41, 5.74) is 1.37. The maximum atomic E-state index is 12.4. The largest absolute Gasteiger partial charge is 0.353 e. The predicted molar refractivity (Wildman–Crippen MR) is 90.8 cm³/mol. The molecule has 2 atom stereocenters. The van der Waals surface area contributed by atoms with Crippen LogP contribution in [-0.2, 0) is 4.74 Å². The molecule has 1 amide bonds. The van der Waals surface area contributed by atoms with Crippen LogP contribution >= 0.6 is 0 Å². The summed E-state index contributed by atoms with van der Waals surface area (Å²) in [6.07, 6.45) is 1.94. The molecule has 3 aromatic rings. The van der Waals surface area contributed by atoms with Gasteiger partial charge in [0.15, 0.2) is 23.2 Å². The van der Waals surface area contributed by atoms with Crippen LogP contribution in [-0.4, -0.2) is 48.4 Å². The van der Waals surface area contributed by atoms with Crippen molar-refractivity contribution in [1.82, 2.24) is 19.5 Å². The van der Waals surface area contributed by atoms with Gasteiger partial charge in [-0.25, -0.2) is 15.0 Å². The number of aromatic nitrogens is 4. The lowest BCUT2D eigenvalue weighted by molar-refractivity contribution is 0.0273. The van der Waals surface area contributed by atoms with Gasteiger partial charge in [0.1, 0.15) is 6.33 Å². The Bertz CT molecular complexity index is 929. The number of nitrogens with one attached hydrogen (secondary N) is 1. The Labute approximate surface area is 148 Å². The predicted octanol–water partition coefficient (Wildman–Crippen LogP) is 0.883. The van der Waals surface area contributed by atoms with Crippen molar-refractivity contribution < 1.29 is 19.7 Å². The number of carbonyl (C=O) groups is 1. The van der Waals surface area contributed by atoms with Crippen LogP contribution in [0.25, 0.3) is 11.2 Å². The molecule has 9 nitrogen and oxygen atoms in total.